The third kappa shape index (κ3) is 5.20. The summed E-state index contributed by atoms with van der Waals surface area (Å²) in [6, 6.07) is 10.8. The van der Waals surface area contributed by atoms with E-state index in [4.69, 9.17) is 10.2 Å². The van der Waals surface area contributed by atoms with Gasteiger partial charge in [0, 0.05) is 29.4 Å². The topological polar surface area (TPSA) is 94.0 Å². The van der Waals surface area contributed by atoms with Crippen molar-refractivity contribution in [3.8, 4) is 11.3 Å². The van der Waals surface area contributed by atoms with Crippen LogP contribution in [-0.2, 0) is 17.5 Å². The molecule has 0 saturated carbocycles. The predicted molar refractivity (Wildman–Crippen MR) is 119 cm³/mol. The Bertz CT molecular complexity index is 1330. The Labute approximate surface area is 187 Å². The van der Waals surface area contributed by atoms with Gasteiger partial charge in [-0.05, 0) is 60.5 Å². The van der Waals surface area contributed by atoms with Crippen LogP contribution in [0.1, 0.15) is 22.5 Å². The fourth-order valence-electron chi connectivity index (χ4n) is 3.21. The molecule has 9 heteroatoms. The van der Waals surface area contributed by atoms with Crippen molar-refractivity contribution in [1.82, 2.24) is 15.3 Å². The molecule has 33 heavy (non-hydrogen) atoms. The Morgan fingerprint density at radius 2 is 1.94 bits per heavy atom. The summed E-state index contributed by atoms with van der Waals surface area (Å²) in [6.07, 6.45) is 1.32. The molecule has 0 fully saturated rings. The number of alkyl halides is 3. The first-order chi connectivity index (χ1) is 15.7. The Hall–Kier alpha value is -4.14. The van der Waals surface area contributed by atoms with E-state index in [1.165, 1.54) is 18.3 Å². The molecule has 0 atom stereocenters. The van der Waals surface area contributed by atoms with Crippen LogP contribution < -0.4 is 11.1 Å². The van der Waals surface area contributed by atoms with E-state index in [0.717, 1.165) is 11.6 Å². The number of rotatable bonds is 5. The number of nitrogens with one attached hydrogen (secondary N) is 1. The molecule has 1 aromatic carbocycles. The van der Waals surface area contributed by atoms with E-state index in [0.29, 0.717) is 22.6 Å². The number of halogens is 3. The maximum Gasteiger partial charge on any atom is 0.420 e. The van der Waals surface area contributed by atoms with Gasteiger partial charge in [-0.25, -0.2) is 4.98 Å². The smallest absolute Gasteiger partial charge is 0.420 e. The second kappa shape index (κ2) is 8.78. The highest BCUT2D eigenvalue weighted by atomic mass is 19.4. The number of furan rings is 1. The number of benzene rings is 1. The first-order valence-corrected chi connectivity index (χ1v) is 9.93. The standard InChI is InChI=1S/C24H19F3N4O2/c1-14-2-5-20(29-11-14)16-8-17-9-18(33-23(17)19(10-16)24(25,26)27)13-31-22(32)7-4-15-3-6-21(28)30-12-15/h2-12H,13H2,1H3,(H2,28,30)(H,31,32)/b7-4+. The van der Waals surface area contributed by atoms with Crippen LogP contribution in [0.4, 0.5) is 19.0 Å². The lowest BCUT2D eigenvalue weighted by Gasteiger charge is -2.10. The first kappa shape index (κ1) is 22.1. The molecule has 3 aromatic heterocycles. The summed E-state index contributed by atoms with van der Waals surface area (Å²) in [6.45, 7) is 1.77. The van der Waals surface area contributed by atoms with Crippen LogP contribution in [0.3, 0.4) is 0 Å². The van der Waals surface area contributed by atoms with E-state index in [2.05, 4.69) is 15.3 Å². The van der Waals surface area contributed by atoms with Crippen molar-refractivity contribution in [3.63, 3.8) is 0 Å². The zero-order valence-corrected chi connectivity index (χ0v) is 17.5. The molecule has 0 aliphatic carbocycles. The zero-order valence-electron chi connectivity index (χ0n) is 17.5. The number of aromatic nitrogens is 2. The maximum absolute atomic E-state index is 13.7. The number of nitrogens with zero attached hydrogens (tertiary/aromatic N) is 2. The summed E-state index contributed by atoms with van der Waals surface area (Å²) in [4.78, 5) is 20.2. The van der Waals surface area contributed by atoms with Crippen molar-refractivity contribution in [2.45, 2.75) is 19.6 Å². The normalized spacial score (nSPS) is 11.9. The molecule has 3 heterocycles. The highest BCUT2D eigenvalue weighted by molar-refractivity contribution is 5.92. The minimum atomic E-state index is -4.62. The van der Waals surface area contributed by atoms with E-state index >= 15 is 0 Å². The van der Waals surface area contributed by atoms with Crippen LogP contribution in [0.25, 0.3) is 28.3 Å². The van der Waals surface area contributed by atoms with Gasteiger partial charge in [0.25, 0.3) is 0 Å². The van der Waals surface area contributed by atoms with Gasteiger partial charge in [-0.2, -0.15) is 13.2 Å². The van der Waals surface area contributed by atoms with Crippen molar-refractivity contribution in [2.75, 3.05) is 5.73 Å². The Morgan fingerprint density at radius 3 is 2.61 bits per heavy atom. The van der Waals surface area contributed by atoms with Crippen molar-refractivity contribution in [3.05, 3.63) is 83.4 Å². The number of hydrogen-bond acceptors (Lipinski definition) is 5. The molecule has 3 N–H and O–H groups in total. The minimum Gasteiger partial charge on any atom is -0.459 e. The van der Waals surface area contributed by atoms with Gasteiger partial charge < -0.3 is 15.5 Å². The molecule has 0 unspecified atom stereocenters. The number of amides is 1. The monoisotopic (exact) mass is 452 g/mol. The highest BCUT2D eigenvalue weighted by Crippen LogP contribution is 2.39. The van der Waals surface area contributed by atoms with Crippen molar-refractivity contribution in [2.24, 2.45) is 0 Å². The van der Waals surface area contributed by atoms with E-state index in [-0.39, 0.29) is 23.3 Å². The van der Waals surface area contributed by atoms with Gasteiger partial charge in [0.1, 0.15) is 17.2 Å². The molecule has 0 spiro atoms. The zero-order chi connectivity index (χ0) is 23.6. The second-order valence-electron chi connectivity index (χ2n) is 7.44. The SMILES string of the molecule is Cc1ccc(-c2cc(C(F)(F)F)c3oc(CNC(=O)/C=C/c4ccc(N)nc4)cc3c2)nc1. The second-order valence-corrected chi connectivity index (χ2v) is 7.44. The number of pyridine rings is 2. The lowest BCUT2D eigenvalue weighted by Crippen LogP contribution is -2.19. The number of hydrogen-bond donors (Lipinski definition) is 2. The molecule has 0 radical (unpaired) electrons. The molecule has 0 aliphatic heterocycles. The Kier molecular flexibility index (Phi) is 5.87. The summed E-state index contributed by atoms with van der Waals surface area (Å²) in [5, 5.41) is 2.87. The number of carbonyl (C=O) groups is 1. The molecular formula is C24H19F3N4O2. The highest BCUT2D eigenvalue weighted by Gasteiger charge is 2.35. The fraction of sp³-hybridized carbons (Fsp3) is 0.125. The average Bonchev–Trinajstić information content (AvgIpc) is 3.19. The van der Waals surface area contributed by atoms with Crippen molar-refractivity contribution < 1.29 is 22.4 Å². The van der Waals surface area contributed by atoms with Gasteiger partial charge in [0.15, 0.2) is 0 Å². The number of nitrogens with two attached hydrogens (primary N) is 1. The van der Waals surface area contributed by atoms with Gasteiger partial charge in [-0.1, -0.05) is 6.07 Å². The molecule has 1 amide bonds. The van der Waals surface area contributed by atoms with E-state index in [1.54, 1.807) is 42.6 Å². The molecule has 6 nitrogen and oxygen atoms in total. The van der Waals surface area contributed by atoms with E-state index < -0.39 is 17.6 Å². The average molecular weight is 452 g/mol. The quantitative estimate of drug-likeness (QED) is 0.410. The Balaban J connectivity index is 1.57. The molecule has 168 valence electrons. The molecular weight excluding hydrogens is 433 g/mol. The van der Waals surface area contributed by atoms with Gasteiger partial charge >= 0.3 is 6.18 Å². The van der Waals surface area contributed by atoms with Gasteiger partial charge in [0.2, 0.25) is 5.91 Å². The maximum atomic E-state index is 13.7. The third-order valence-electron chi connectivity index (χ3n) is 4.85. The van der Waals surface area contributed by atoms with Crippen molar-refractivity contribution in [1.29, 1.82) is 0 Å². The van der Waals surface area contributed by atoms with Crippen LogP contribution in [0.2, 0.25) is 0 Å². The molecule has 0 saturated heterocycles. The molecule has 0 bridgehead atoms. The third-order valence-corrected chi connectivity index (χ3v) is 4.85. The lowest BCUT2D eigenvalue weighted by atomic mass is 10.0. The van der Waals surface area contributed by atoms with Crippen LogP contribution in [0, 0.1) is 6.92 Å². The summed E-state index contributed by atoms with van der Waals surface area (Å²) < 4.78 is 46.6. The van der Waals surface area contributed by atoms with Gasteiger partial charge in [-0.3, -0.25) is 9.78 Å². The number of fused-ring (bicyclic) bond motifs is 1. The van der Waals surface area contributed by atoms with Crippen molar-refractivity contribution >= 4 is 28.8 Å². The first-order valence-electron chi connectivity index (χ1n) is 9.93. The number of aryl methyl sites for hydroxylation is 1. The van der Waals surface area contributed by atoms with E-state index in [1.807, 2.05) is 6.92 Å². The van der Waals surface area contributed by atoms with E-state index in [9.17, 15) is 18.0 Å². The summed E-state index contributed by atoms with van der Waals surface area (Å²) in [7, 11) is 0. The number of carbonyl (C=O) groups excluding carboxylic acids is 1. The van der Waals surface area contributed by atoms with Crippen LogP contribution in [0.5, 0.6) is 0 Å². The van der Waals surface area contributed by atoms with Gasteiger partial charge in [-0.15, -0.1) is 0 Å². The van der Waals surface area contributed by atoms with Crippen LogP contribution >= 0.6 is 0 Å². The predicted octanol–water partition coefficient (Wildman–Crippen LogP) is 5.13. The molecule has 4 rings (SSSR count). The number of anilines is 1. The lowest BCUT2D eigenvalue weighted by molar-refractivity contribution is -0.136. The van der Waals surface area contributed by atoms with Crippen LogP contribution in [0.15, 0.2) is 65.4 Å². The molecule has 0 aliphatic rings. The van der Waals surface area contributed by atoms with Crippen LogP contribution in [-0.4, -0.2) is 15.9 Å². The minimum absolute atomic E-state index is 0.0761. The van der Waals surface area contributed by atoms with Gasteiger partial charge in [0.05, 0.1) is 17.8 Å². The molecule has 4 aromatic rings. The summed E-state index contributed by atoms with van der Waals surface area (Å²) in [5.41, 5.74) is 6.66. The Morgan fingerprint density at radius 1 is 1.12 bits per heavy atom. The largest absolute Gasteiger partial charge is 0.459 e. The number of nitrogen functional groups attached to an aromatic ring is 1. The summed E-state index contributed by atoms with van der Waals surface area (Å²) >= 11 is 0. The fourth-order valence-corrected chi connectivity index (χ4v) is 3.21. The summed E-state index contributed by atoms with van der Waals surface area (Å²) in [5.74, 6) is 0.120.